The summed E-state index contributed by atoms with van der Waals surface area (Å²) >= 11 is 0. The molecular weight excluding hydrogens is 885 g/mol. The van der Waals surface area contributed by atoms with Crippen LogP contribution in [0.3, 0.4) is 0 Å². The number of rotatable bonds is 20. The molecule has 2 atom stereocenters. The molecule has 6 aromatic carbocycles. The van der Waals surface area contributed by atoms with Gasteiger partial charge in [-0.25, -0.2) is 19.2 Å². The van der Waals surface area contributed by atoms with Crippen molar-refractivity contribution in [2.45, 2.75) is 68.4 Å². The average molecular weight is 941 g/mol. The second kappa shape index (κ2) is 22.0. The van der Waals surface area contributed by atoms with Crippen molar-refractivity contribution in [2.24, 2.45) is 0 Å². The quantitative estimate of drug-likeness (QED) is 0.0368. The van der Waals surface area contributed by atoms with E-state index in [4.69, 9.17) is 14.2 Å². The highest BCUT2D eigenvalue weighted by atomic mass is 16.6. The van der Waals surface area contributed by atoms with E-state index >= 15 is 0 Å². The zero-order chi connectivity index (χ0) is 48.4. The van der Waals surface area contributed by atoms with E-state index in [1.165, 1.54) is 0 Å². The summed E-state index contributed by atoms with van der Waals surface area (Å²) in [6.07, 6.45) is -0.0939. The Balaban J connectivity index is 0.754. The van der Waals surface area contributed by atoms with Crippen LogP contribution in [0.1, 0.15) is 89.7 Å². The first-order valence-corrected chi connectivity index (χ1v) is 24.1. The molecule has 13 nitrogen and oxygen atoms in total. The summed E-state index contributed by atoms with van der Waals surface area (Å²) in [5.41, 5.74) is 13.2. The second-order valence-electron chi connectivity index (χ2n) is 17.9. The molecule has 0 spiro atoms. The molecule has 70 heavy (non-hydrogen) atoms. The van der Waals surface area contributed by atoms with Gasteiger partial charge in [0.05, 0.1) is 0 Å². The highest BCUT2D eigenvalue weighted by molar-refractivity contribution is 5.89. The number of alkyl carbamates (subject to hydrolysis) is 3. The molecule has 0 saturated heterocycles. The van der Waals surface area contributed by atoms with E-state index in [0.717, 1.165) is 66.8 Å². The van der Waals surface area contributed by atoms with E-state index in [1.807, 2.05) is 109 Å². The van der Waals surface area contributed by atoms with Crippen LogP contribution in [0.5, 0.6) is 0 Å². The van der Waals surface area contributed by atoms with Crippen molar-refractivity contribution in [3.8, 4) is 33.4 Å². The Morgan fingerprint density at radius 2 is 0.700 bits per heavy atom. The topological polar surface area (TPSA) is 181 Å². The maximum atomic E-state index is 13.8. The monoisotopic (exact) mass is 940 g/mol. The minimum atomic E-state index is -1.26. The molecule has 0 aliphatic heterocycles. The minimum Gasteiger partial charge on any atom is -0.480 e. The van der Waals surface area contributed by atoms with Crippen molar-refractivity contribution in [1.29, 1.82) is 0 Å². The molecule has 0 fully saturated rings. The van der Waals surface area contributed by atoms with Gasteiger partial charge in [-0.2, -0.15) is 0 Å². The molecule has 9 rings (SSSR count). The Morgan fingerprint density at radius 3 is 1.03 bits per heavy atom. The van der Waals surface area contributed by atoms with E-state index < -0.39 is 42.2 Å². The lowest BCUT2D eigenvalue weighted by molar-refractivity contribution is -0.142. The smallest absolute Gasteiger partial charge is 0.407 e. The standard InChI is InChI=1S/C57H56N4O9/c62-53(60-52(54(63)64)30-14-16-32-59-56(66)69-34-49-44-25-9-3-19-38(44)39-20-4-10-26-45(39)49)51(61-57(67)70-35-50-46-27-11-5-21-40(46)41-22-6-12-28-47(41)50)29-13-15-31-58-55(65)68-33-48-42-23-7-1-17-36(42)37-18-2-8-24-43(37)48/h1-12,17-28,48-52H,13-16,29-35H2,(H,58,65)(H,59,66)(H,60,62)(H,61,67)(H,63,64). The Hall–Kier alpha value is -7.93. The molecule has 4 amide bonds. The number of hydrogen-bond acceptors (Lipinski definition) is 8. The minimum absolute atomic E-state index is 0.0279. The normalized spacial score (nSPS) is 13.8. The number of unbranched alkanes of at least 4 members (excludes halogenated alkanes) is 2. The molecule has 0 saturated carbocycles. The summed E-state index contributed by atoms with van der Waals surface area (Å²) in [4.78, 5) is 65.3. The first kappa shape index (κ1) is 47.1. The lowest BCUT2D eigenvalue weighted by Crippen LogP contribution is -2.51. The molecule has 0 bridgehead atoms. The second-order valence-corrected chi connectivity index (χ2v) is 17.9. The van der Waals surface area contributed by atoms with E-state index in [1.54, 1.807) is 0 Å². The number of ether oxygens (including phenoxy) is 3. The molecule has 3 aliphatic carbocycles. The summed E-state index contributed by atoms with van der Waals surface area (Å²) in [5.74, 6) is -2.27. The van der Waals surface area contributed by atoms with Gasteiger partial charge in [-0.15, -0.1) is 0 Å². The van der Waals surface area contributed by atoms with Crippen LogP contribution in [0.15, 0.2) is 146 Å². The summed E-state index contributed by atoms with van der Waals surface area (Å²) in [5, 5.41) is 21.0. The van der Waals surface area contributed by atoms with Crippen molar-refractivity contribution in [2.75, 3.05) is 32.9 Å². The summed E-state index contributed by atoms with van der Waals surface area (Å²) < 4.78 is 17.1. The highest BCUT2D eigenvalue weighted by Crippen LogP contribution is 2.47. The molecule has 358 valence electrons. The Kier molecular flexibility index (Phi) is 14.8. The third-order valence-corrected chi connectivity index (χ3v) is 13.6. The molecule has 13 heteroatoms. The van der Waals surface area contributed by atoms with Crippen molar-refractivity contribution in [3.63, 3.8) is 0 Å². The van der Waals surface area contributed by atoms with Crippen LogP contribution in [0.25, 0.3) is 33.4 Å². The number of nitrogens with one attached hydrogen (secondary N) is 4. The molecule has 6 aromatic rings. The van der Waals surface area contributed by atoms with Crippen molar-refractivity contribution < 1.29 is 43.3 Å². The number of carbonyl (C=O) groups is 5. The third-order valence-electron chi connectivity index (χ3n) is 13.6. The number of fused-ring (bicyclic) bond motifs is 9. The highest BCUT2D eigenvalue weighted by Gasteiger charge is 2.33. The first-order chi connectivity index (χ1) is 34.2. The lowest BCUT2D eigenvalue weighted by Gasteiger charge is -2.22. The van der Waals surface area contributed by atoms with Gasteiger partial charge in [0.25, 0.3) is 0 Å². The lowest BCUT2D eigenvalue weighted by atomic mass is 9.98. The largest absolute Gasteiger partial charge is 0.480 e. The van der Waals surface area contributed by atoms with Gasteiger partial charge in [-0.05, 0) is 105 Å². The number of carbonyl (C=O) groups excluding carboxylic acids is 4. The van der Waals surface area contributed by atoms with Crippen LogP contribution in [-0.2, 0) is 23.8 Å². The van der Waals surface area contributed by atoms with Crippen LogP contribution >= 0.6 is 0 Å². The number of carboxylic acids is 1. The summed E-state index contributed by atoms with van der Waals surface area (Å²) in [7, 11) is 0. The van der Waals surface area contributed by atoms with Crippen LogP contribution < -0.4 is 21.3 Å². The van der Waals surface area contributed by atoms with E-state index in [9.17, 15) is 29.1 Å². The van der Waals surface area contributed by atoms with Gasteiger partial charge in [-0.3, -0.25) is 4.79 Å². The van der Waals surface area contributed by atoms with Crippen molar-refractivity contribution in [3.05, 3.63) is 179 Å². The number of aliphatic carboxylic acids is 1. The van der Waals surface area contributed by atoms with E-state index in [0.29, 0.717) is 25.7 Å². The summed E-state index contributed by atoms with van der Waals surface area (Å²) in [6.45, 7) is 0.865. The molecule has 3 aliphatic rings. The van der Waals surface area contributed by atoms with Crippen molar-refractivity contribution >= 4 is 30.2 Å². The van der Waals surface area contributed by atoms with Crippen LogP contribution in [0.2, 0.25) is 0 Å². The zero-order valence-electron chi connectivity index (χ0n) is 38.7. The fraction of sp³-hybridized carbons (Fsp3) is 0.281. The van der Waals surface area contributed by atoms with E-state index in [-0.39, 0.29) is 63.5 Å². The predicted molar refractivity (Wildman–Crippen MR) is 265 cm³/mol. The molecular formula is C57H56N4O9. The van der Waals surface area contributed by atoms with Gasteiger partial charge < -0.3 is 40.6 Å². The van der Waals surface area contributed by atoms with Gasteiger partial charge in [0.15, 0.2) is 0 Å². The molecule has 2 unspecified atom stereocenters. The number of benzene rings is 6. The fourth-order valence-corrected chi connectivity index (χ4v) is 10.2. The Bertz CT molecular complexity index is 2750. The van der Waals surface area contributed by atoms with E-state index in [2.05, 4.69) is 57.7 Å². The van der Waals surface area contributed by atoms with Crippen LogP contribution in [0, 0.1) is 0 Å². The predicted octanol–water partition coefficient (Wildman–Crippen LogP) is 9.88. The van der Waals surface area contributed by atoms with Gasteiger partial charge in [0.2, 0.25) is 5.91 Å². The average Bonchev–Trinajstić information content (AvgIpc) is 4.01. The summed E-state index contributed by atoms with van der Waals surface area (Å²) in [6, 6.07) is 45.9. The Morgan fingerprint density at radius 1 is 0.400 bits per heavy atom. The van der Waals surface area contributed by atoms with Crippen molar-refractivity contribution in [1.82, 2.24) is 21.3 Å². The zero-order valence-corrected chi connectivity index (χ0v) is 38.7. The maximum Gasteiger partial charge on any atom is 0.407 e. The van der Waals surface area contributed by atoms with Crippen LogP contribution in [-0.4, -0.2) is 80.3 Å². The first-order valence-electron chi connectivity index (χ1n) is 24.1. The van der Waals surface area contributed by atoms with Crippen LogP contribution in [0.4, 0.5) is 14.4 Å². The molecule has 0 aromatic heterocycles. The fourth-order valence-electron chi connectivity index (χ4n) is 10.2. The molecule has 5 N–H and O–H groups in total. The number of hydrogen-bond donors (Lipinski definition) is 5. The third kappa shape index (κ3) is 10.5. The molecule has 0 radical (unpaired) electrons. The van der Waals surface area contributed by atoms with Gasteiger partial charge in [-0.1, -0.05) is 146 Å². The number of amides is 4. The Labute approximate surface area is 407 Å². The van der Waals surface area contributed by atoms with Gasteiger partial charge in [0, 0.05) is 30.8 Å². The van der Waals surface area contributed by atoms with Gasteiger partial charge in [0.1, 0.15) is 31.9 Å². The SMILES string of the molecule is O=C(NCCCCC(NC(=O)C(CCCCNC(=O)OCC1c2ccccc2-c2ccccc21)NC(=O)OCC1c2ccccc2-c2ccccc21)C(=O)O)OCC1c2ccccc2-c2ccccc21. The molecule has 0 heterocycles. The van der Waals surface area contributed by atoms with Gasteiger partial charge >= 0.3 is 24.2 Å². The number of carboxylic acid groups (broad SMARTS) is 1. The maximum absolute atomic E-state index is 13.8.